The summed E-state index contributed by atoms with van der Waals surface area (Å²) in [6.45, 7) is 0.706. The van der Waals surface area contributed by atoms with Gasteiger partial charge in [0.25, 0.3) is 0 Å². The number of amides is 1. The molecule has 0 aliphatic heterocycles. The molecule has 94 valence electrons. The van der Waals surface area contributed by atoms with Crippen molar-refractivity contribution in [1.82, 2.24) is 5.32 Å². The SMILES string of the molecule is NC(=O)CCNCC(O)c1cc(Cl)ccc1Cl. The van der Waals surface area contributed by atoms with Crippen LogP contribution in [-0.2, 0) is 4.79 Å². The molecule has 4 nitrogen and oxygen atoms in total. The minimum absolute atomic E-state index is 0.232. The maximum atomic E-state index is 10.5. The Bertz CT molecular complexity index is 399. The number of rotatable bonds is 6. The summed E-state index contributed by atoms with van der Waals surface area (Å²) in [5.74, 6) is -0.382. The van der Waals surface area contributed by atoms with E-state index in [4.69, 9.17) is 28.9 Å². The van der Waals surface area contributed by atoms with E-state index in [1.54, 1.807) is 18.2 Å². The minimum Gasteiger partial charge on any atom is -0.387 e. The van der Waals surface area contributed by atoms with Crippen molar-refractivity contribution in [3.8, 4) is 0 Å². The lowest BCUT2D eigenvalue weighted by Gasteiger charge is -2.13. The molecular formula is C11H14Cl2N2O2. The van der Waals surface area contributed by atoms with E-state index in [-0.39, 0.29) is 18.9 Å². The van der Waals surface area contributed by atoms with Crippen LogP contribution in [0.5, 0.6) is 0 Å². The third-order valence-electron chi connectivity index (χ3n) is 2.20. The molecule has 0 aromatic heterocycles. The van der Waals surface area contributed by atoms with Gasteiger partial charge in [0, 0.05) is 35.1 Å². The Labute approximate surface area is 110 Å². The molecule has 1 atom stereocenters. The Morgan fingerprint density at radius 1 is 1.47 bits per heavy atom. The topological polar surface area (TPSA) is 75.4 Å². The van der Waals surface area contributed by atoms with Crippen molar-refractivity contribution in [1.29, 1.82) is 0 Å². The molecule has 1 aromatic rings. The summed E-state index contributed by atoms with van der Waals surface area (Å²) in [5.41, 5.74) is 5.55. The summed E-state index contributed by atoms with van der Waals surface area (Å²) < 4.78 is 0. The second kappa shape index (κ2) is 6.81. The van der Waals surface area contributed by atoms with Gasteiger partial charge in [-0.15, -0.1) is 0 Å². The van der Waals surface area contributed by atoms with Gasteiger partial charge in [0.15, 0.2) is 0 Å². The Morgan fingerprint density at radius 3 is 2.82 bits per heavy atom. The normalized spacial score (nSPS) is 12.4. The van der Waals surface area contributed by atoms with Crippen molar-refractivity contribution in [2.24, 2.45) is 5.73 Å². The van der Waals surface area contributed by atoms with Gasteiger partial charge in [-0.3, -0.25) is 4.79 Å². The number of nitrogens with two attached hydrogens (primary N) is 1. The molecule has 4 N–H and O–H groups in total. The fraction of sp³-hybridized carbons (Fsp3) is 0.364. The predicted octanol–water partition coefficient (Wildman–Crippen LogP) is 1.49. The average Bonchev–Trinajstić information content (AvgIpc) is 2.27. The number of hydrogen-bond acceptors (Lipinski definition) is 3. The Balaban J connectivity index is 2.49. The summed E-state index contributed by atoms with van der Waals surface area (Å²) in [6, 6.07) is 4.90. The first-order valence-corrected chi connectivity index (χ1v) is 5.88. The largest absolute Gasteiger partial charge is 0.387 e. The van der Waals surface area contributed by atoms with E-state index < -0.39 is 6.10 Å². The molecule has 0 aliphatic carbocycles. The van der Waals surface area contributed by atoms with Crippen molar-refractivity contribution in [3.63, 3.8) is 0 Å². The van der Waals surface area contributed by atoms with E-state index in [9.17, 15) is 9.90 Å². The zero-order valence-electron chi connectivity index (χ0n) is 9.12. The van der Waals surface area contributed by atoms with Crippen LogP contribution in [0.15, 0.2) is 18.2 Å². The molecule has 0 heterocycles. The molecule has 0 radical (unpaired) electrons. The first kappa shape index (κ1) is 14.3. The summed E-state index contributed by atoms with van der Waals surface area (Å²) in [6.07, 6.45) is -0.537. The molecule has 1 aromatic carbocycles. The molecule has 1 rings (SSSR count). The summed E-state index contributed by atoms with van der Waals surface area (Å²) in [4.78, 5) is 10.5. The van der Waals surface area contributed by atoms with Gasteiger partial charge >= 0.3 is 0 Å². The predicted molar refractivity (Wildman–Crippen MR) is 68.1 cm³/mol. The van der Waals surface area contributed by atoms with Crippen LogP contribution in [0.1, 0.15) is 18.1 Å². The van der Waals surface area contributed by atoms with Crippen molar-refractivity contribution in [3.05, 3.63) is 33.8 Å². The van der Waals surface area contributed by atoms with Crippen LogP contribution in [0.4, 0.5) is 0 Å². The molecule has 0 saturated carbocycles. The van der Waals surface area contributed by atoms with Gasteiger partial charge in [0.05, 0.1) is 6.10 Å². The first-order chi connectivity index (χ1) is 8.00. The number of halogens is 2. The smallest absolute Gasteiger partial charge is 0.218 e. The van der Waals surface area contributed by atoms with Gasteiger partial charge in [-0.05, 0) is 18.2 Å². The summed E-state index contributed by atoms with van der Waals surface area (Å²) in [5, 5.41) is 13.7. The van der Waals surface area contributed by atoms with Crippen LogP contribution in [0.25, 0.3) is 0 Å². The van der Waals surface area contributed by atoms with Gasteiger partial charge in [0.1, 0.15) is 0 Å². The van der Waals surface area contributed by atoms with Gasteiger partial charge < -0.3 is 16.2 Å². The molecule has 0 aliphatic rings. The molecule has 0 saturated heterocycles. The van der Waals surface area contributed by atoms with E-state index in [2.05, 4.69) is 5.32 Å². The number of aliphatic hydroxyl groups is 1. The highest BCUT2D eigenvalue weighted by atomic mass is 35.5. The number of aliphatic hydroxyl groups excluding tert-OH is 1. The number of carbonyl (C=O) groups is 1. The Kier molecular flexibility index (Phi) is 5.71. The number of carbonyl (C=O) groups excluding carboxylic acids is 1. The molecule has 0 spiro atoms. The van der Waals surface area contributed by atoms with E-state index in [1.165, 1.54) is 0 Å². The number of nitrogens with one attached hydrogen (secondary N) is 1. The molecule has 1 unspecified atom stereocenters. The van der Waals surface area contributed by atoms with E-state index in [1.807, 2.05) is 0 Å². The molecule has 6 heteroatoms. The maximum absolute atomic E-state index is 10.5. The molecular weight excluding hydrogens is 263 g/mol. The van der Waals surface area contributed by atoms with Crippen LogP contribution in [-0.4, -0.2) is 24.1 Å². The summed E-state index contributed by atoms with van der Waals surface area (Å²) >= 11 is 11.7. The highest BCUT2D eigenvalue weighted by Gasteiger charge is 2.11. The van der Waals surface area contributed by atoms with Gasteiger partial charge in [-0.2, -0.15) is 0 Å². The lowest BCUT2D eigenvalue weighted by Crippen LogP contribution is -2.26. The highest BCUT2D eigenvalue weighted by Crippen LogP contribution is 2.25. The molecule has 0 bridgehead atoms. The number of primary amides is 1. The van der Waals surface area contributed by atoms with Crippen LogP contribution in [0.3, 0.4) is 0 Å². The van der Waals surface area contributed by atoms with Crippen LogP contribution in [0.2, 0.25) is 10.0 Å². The van der Waals surface area contributed by atoms with Crippen molar-refractivity contribution in [2.45, 2.75) is 12.5 Å². The lowest BCUT2D eigenvalue weighted by atomic mass is 10.1. The highest BCUT2D eigenvalue weighted by molar-refractivity contribution is 6.33. The molecule has 17 heavy (non-hydrogen) atoms. The van der Waals surface area contributed by atoms with Gasteiger partial charge in [-0.25, -0.2) is 0 Å². The molecule has 0 fully saturated rings. The first-order valence-electron chi connectivity index (χ1n) is 5.12. The van der Waals surface area contributed by atoms with Gasteiger partial charge in [-0.1, -0.05) is 23.2 Å². The second-order valence-electron chi connectivity index (χ2n) is 3.60. The van der Waals surface area contributed by atoms with Crippen molar-refractivity contribution >= 4 is 29.1 Å². The van der Waals surface area contributed by atoms with Crippen LogP contribution < -0.4 is 11.1 Å². The maximum Gasteiger partial charge on any atom is 0.218 e. The second-order valence-corrected chi connectivity index (χ2v) is 4.45. The fourth-order valence-electron chi connectivity index (χ4n) is 1.33. The van der Waals surface area contributed by atoms with E-state index in [0.717, 1.165) is 0 Å². The zero-order chi connectivity index (χ0) is 12.8. The zero-order valence-corrected chi connectivity index (χ0v) is 10.6. The number of hydrogen-bond donors (Lipinski definition) is 3. The van der Waals surface area contributed by atoms with Crippen LogP contribution >= 0.6 is 23.2 Å². The van der Waals surface area contributed by atoms with Crippen LogP contribution in [0, 0.1) is 0 Å². The Hall–Kier alpha value is -0.810. The lowest BCUT2D eigenvalue weighted by molar-refractivity contribution is -0.117. The van der Waals surface area contributed by atoms with E-state index >= 15 is 0 Å². The third-order valence-corrected chi connectivity index (χ3v) is 2.78. The standard InChI is InChI=1S/C11H14Cl2N2O2/c12-7-1-2-9(13)8(5-7)10(16)6-15-4-3-11(14)17/h1-2,5,10,15-16H,3-4,6H2,(H2,14,17). The van der Waals surface area contributed by atoms with Crippen molar-refractivity contribution < 1.29 is 9.90 Å². The van der Waals surface area contributed by atoms with Gasteiger partial charge in [0.2, 0.25) is 5.91 Å². The van der Waals surface area contributed by atoms with Crippen molar-refractivity contribution in [2.75, 3.05) is 13.1 Å². The Morgan fingerprint density at radius 2 is 2.18 bits per heavy atom. The third kappa shape index (κ3) is 4.91. The molecule has 1 amide bonds. The quantitative estimate of drug-likeness (QED) is 0.690. The summed E-state index contributed by atoms with van der Waals surface area (Å²) in [7, 11) is 0. The fourth-order valence-corrected chi connectivity index (χ4v) is 1.75. The minimum atomic E-state index is -0.769. The average molecular weight is 277 g/mol. The van der Waals surface area contributed by atoms with E-state index in [0.29, 0.717) is 22.2 Å². The number of benzene rings is 1. The monoisotopic (exact) mass is 276 g/mol.